The van der Waals surface area contributed by atoms with Gasteiger partial charge in [-0.3, -0.25) is 19.8 Å². The Morgan fingerprint density at radius 1 is 0.935 bits per heavy atom. The molecule has 4 aliphatic rings. The number of carbonyl (C=O) groups excluding carboxylic acids is 2. The van der Waals surface area contributed by atoms with Crippen LogP contribution in [0.3, 0.4) is 0 Å². The molecule has 2 aromatic carbocycles. The van der Waals surface area contributed by atoms with E-state index in [9.17, 15) is 9.59 Å². The van der Waals surface area contributed by atoms with Crippen molar-refractivity contribution in [1.29, 1.82) is 0 Å². The summed E-state index contributed by atoms with van der Waals surface area (Å²) in [6.45, 7) is 4.82. The second-order valence-electron chi connectivity index (χ2n) is 9.80. The third kappa shape index (κ3) is 2.79. The number of amides is 2. The van der Waals surface area contributed by atoms with Crippen LogP contribution in [0.15, 0.2) is 48.5 Å². The Hall–Kier alpha value is -2.66. The van der Waals surface area contributed by atoms with E-state index >= 15 is 0 Å². The lowest BCUT2D eigenvalue weighted by molar-refractivity contribution is -0.127. The van der Waals surface area contributed by atoms with E-state index in [4.69, 9.17) is 0 Å². The number of anilines is 1. The quantitative estimate of drug-likeness (QED) is 0.767. The van der Waals surface area contributed by atoms with Crippen LogP contribution in [-0.4, -0.2) is 47.9 Å². The Morgan fingerprint density at radius 3 is 2.45 bits per heavy atom. The third-order valence-electron chi connectivity index (χ3n) is 8.41. The summed E-state index contributed by atoms with van der Waals surface area (Å²) in [6.07, 6.45) is 4.10. The number of nitrogens with one attached hydrogen (secondary N) is 1. The molecule has 0 aromatic heterocycles. The van der Waals surface area contributed by atoms with Gasteiger partial charge in [-0.25, -0.2) is 0 Å². The zero-order valence-electron chi connectivity index (χ0n) is 18.0. The molecule has 1 spiro atoms. The molecule has 1 N–H and O–H groups in total. The van der Waals surface area contributed by atoms with Gasteiger partial charge < -0.3 is 4.90 Å². The van der Waals surface area contributed by atoms with Crippen LogP contribution in [0.5, 0.6) is 0 Å². The number of fused-ring (bicyclic) bond motifs is 3. The number of carbonyl (C=O) groups is 2. The molecule has 6 rings (SSSR count). The molecule has 3 atom stereocenters. The van der Waals surface area contributed by atoms with Crippen LogP contribution in [0.1, 0.15) is 29.5 Å². The minimum atomic E-state index is -0.264. The van der Waals surface area contributed by atoms with E-state index in [1.807, 2.05) is 18.2 Å². The third-order valence-corrected chi connectivity index (χ3v) is 8.41. The average molecular weight is 416 g/mol. The number of para-hydroxylation sites is 1. The maximum atomic E-state index is 12.9. The lowest BCUT2D eigenvalue weighted by atomic mass is 9.74. The lowest BCUT2D eigenvalue weighted by Gasteiger charge is -2.49. The fourth-order valence-electron chi connectivity index (χ4n) is 6.87. The number of nitrogens with zero attached hydrogens (tertiary/aromatic N) is 2. The van der Waals surface area contributed by atoms with Crippen molar-refractivity contribution in [1.82, 2.24) is 10.2 Å². The number of benzene rings is 2. The Bertz CT molecular complexity index is 1040. The van der Waals surface area contributed by atoms with Crippen molar-refractivity contribution in [2.24, 2.45) is 11.8 Å². The van der Waals surface area contributed by atoms with Gasteiger partial charge in [-0.15, -0.1) is 0 Å². The Balaban J connectivity index is 1.27. The summed E-state index contributed by atoms with van der Waals surface area (Å²) in [7, 11) is 0. The van der Waals surface area contributed by atoms with Gasteiger partial charge in [0.25, 0.3) is 0 Å². The van der Waals surface area contributed by atoms with Crippen molar-refractivity contribution in [3.8, 4) is 0 Å². The molecule has 3 fully saturated rings. The first-order chi connectivity index (χ1) is 15.1. The van der Waals surface area contributed by atoms with Gasteiger partial charge in [-0.2, -0.15) is 0 Å². The molecule has 1 aliphatic carbocycles. The van der Waals surface area contributed by atoms with Gasteiger partial charge in [0.1, 0.15) is 0 Å². The second-order valence-corrected chi connectivity index (χ2v) is 9.80. The highest BCUT2D eigenvalue weighted by Gasteiger charge is 2.62. The molecule has 3 aliphatic heterocycles. The van der Waals surface area contributed by atoms with E-state index in [1.165, 1.54) is 16.7 Å². The highest BCUT2D eigenvalue weighted by Crippen LogP contribution is 2.50. The first-order valence-electron chi connectivity index (χ1n) is 11.6. The zero-order chi connectivity index (χ0) is 21.2. The number of rotatable bonds is 2. The van der Waals surface area contributed by atoms with Crippen LogP contribution in [0, 0.1) is 18.8 Å². The number of likely N-dealkylation sites (tertiary alicyclic amines) is 1. The van der Waals surface area contributed by atoms with Gasteiger partial charge in [0.2, 0.25) is 11.8 Å². The highest BCUT2D eigenvalue weighted by molar-refractivity contribution is 6.07. The lowest BCUT2D eigenvalue weighted by Crippen LogP contribution is -2.59. The topological polar surface area (TPSA) is 52.7 Å². The highest BCUT2D eigenvalue weighted by atomic mass is 16.2. The standard InChI is InChI=1S/C26H29N3O2/c1-17-6-5-7-18-14-20(15-21(17)18)28-12-10-26(11-13-28)23-22(24(30)27-25(23)31)16-29(26)19-8-3-2-4-9-19/h2-9,20,22-23H,10-16H2,1H3,(H,27,30,31)/t20-,22?,23?/m0/s1. The van der Waals surface area contributed by atoms with E-state index in [0.29, 0.717) is 12.6 Å². The number of piperidine rings is 1. The summed E-state index contributed by atoms with van der Waals surface area (Å²) in [4.78, 5) is 30.4. The molecule has 3 saturated heterocycles. The van der Waals surface area contributed by atoms with Crippen molar-refractivity contribution in [2.45, 2.75) is 44.2 Å². The van der Waals surface area contributed by atoms with E-state index in [0.717, 1.165) is 44.5 Å². The van der Waals surface area contributed by atoms with Crippen molar-refractivity contribution in [2.75, 3.05) is 24.5 Å². The van der Waals surface area contributed by atoms with Gasteiger partial charge >= 0.3 is 0 Å². The molecule has 0 bridgehead atoms. The fraction of sp³-hybridized carbons (Fsp3) is 0.462. The van der Waals surface area contributed by atoms with Crippen LogP contribution >= 0.6 is 0 Å². The summed E-state index contributed by atoms with van der Waals surface area (Å²) >= 11 is 0. The molecule has 5 nitrogen and oxygen atoms in total. The van der Waals surface area contributed by atoms with E-state index < -0.39 is 0 Å². The van der Waals surface area contributed by atoms with Gasteiger partial charge in [-0.1, -0.05) is 36.4 Å². The van der Waals surface area contributed by atoms with Crippen molar-refractivity contribution < 1.29 is 9.59 Å². The Kier molecular flexibility index (Phi) is 4.26. The molecular weight excluding hydrogens is 386 g/mol. The summed E-state index contributed by atoms with van der Waals surface area (Å²) in [5, 5.41) is 2.63. The molecule has 2 amide bonds. The van der Waals surface area contributed by atoms with Crippen LogP contribution in [-0.2, 0) is 22.4 Å². The van der Waals surface area contributed by atoms with Crippen molar-refractivity contribution >= 4 is 17.5 Å². The van der Waals surface area contributed by atoms with Gasteiger partial charge in [0, 0.05) is 31.4 Å². The van der Waals surface area contributed by atoms with E-state index in [1.54, 1.807) is 0 Å². The molecular formula is C26H29N3O2. The maximum absolute atomic E-state index is 12.9. The first kappa shape index (κ1) is 19.1. The predicted molar refractivity (Wildman–Crippen MR) is 120 cm³/mol. The van der Waals surface area contributed by atoms with Crippen molar-refractivity contribution in [3.63, 3.8) is 0 Å². The monoisotopic (exact) mass is 415 g/mol. The summed E-state index contributed by atoms with van der Waals surface area (Å²) in [5.41, 5.74) is 5.30. The molecule has 0 saturated carbocycles. The molecule has 31 heavy (non-hydrogen) atoms. The maximum Gasteiger partial charge on any atom is 0.232 e. The van der Waals surface area contributed by atoms with Gasteiger partial charge in [0.15, 0.2) is 0 Å². The largest absolute Gasteiger partial charge is 0.364 e. The predicted octanol–water partition coefficient (Wildman–Crippen LogP) is 2.71. The molecule has 0 radical (unpaired) electrons. The summed E-state index contributed by atoms with van der Waals surface area (Å²) in [6, 6.07) is 17.6. The molecule has 3 heterocycles. The van der Waals surface area contributed by atoms with Crippen LogP contribution in [0.4, 0.5) is 5.69 Å². The van der Waals surface area contributed by atoms with Crippen LogP contribution in [0.2, 0.25) is 0 Å². The summed E-state index contributed by atoms with van der Waals surface area (Å²) < 4.78 is 0. The van der Waals surface area contributed by atoms with Crippen molar-refractivity contribution in [3.05, 3.63) is 65.2 Å². The Labute approximate surface area is 183 Å². The van der Waals surface area contributed by atoms with Crippen LogP contribution in [0.25, 0.3) is 0 Å². The molecule has 5 heteroatoms. The molecule has 2 aromatic rings. The smallest absolute Gasteiger partial charge is 0.232 e. The van der Waals surface area contributed by atoms with E-state index in [2.05, 4.69) is 52.4 Å². The second kappa shape index (κ2) is 6.92. The SMILES string of the molecule is Cc1cccc2c1C[C@@H](N1CCC3(CC1)C1C(=O)NC(=O)C1CN3c1ccccc1)C2. The molecule has 160 valence electrons. The number of imide groups is 1. The fourth-order valence-corrected chi connectivity index (χ4v) is 6.87. The number of aryl methyl sites for hydroxylation is 1. The molecule has 2 unspecified atom stereocenters. The number of hydrogen-bond acceptors (Lipinski definition) is 4. The van der Waals surface area contributed by atoms with E-state index in [-0.39, 0.29) is 29.2 Å². The minimum absolute atomic E-state index is 0.0641. The van der Waals surface area contributed by atoms with Crippen LogP contribution < -0.4 is 10.2 Å². The first-order valence-corrected chi connectivity index (χ1v) is 11.6. The number of hydrogen-bond donors (Lipinski definition) is 1. The van der Waals surface area contributed by atoms with Gasteiger partial charge in [-0.05, 0) is 61.4 Å². The summed E-state index contributed by atoms with van der Waals surface area (Å²) in [5.74, 6) is -0.606. The van der Waals surface area contributed by atoms with Gasteiger partial charge in [0.05, 0.1) is 17.4 Å². The normalized spacial score (nSPS) is 29.3. The average Bonchev–Trinajstić information content (AvgIpc) is 3.44. The minimum Gasteiger partial charge on any atom is -0.364 e. The zero-order valence-corrected chi connectivity index (χ0v) is 18.0. The Morgan fingerprint density at radius 2 is 1.71 bits per heavy atom.